The molecule has 5 nitrogen and oxygen atoms in total. The van der Waals surface area contributed by atoms with Crippen LogP contribution in [0.3, 0.4) is 0 Å². The fourth-order valence-electron chi connectivity index (χ4n) is 3.50. The third-order valence-corrected chi connectivity index (χ3v) is 4.97. The number of carbonyl (C=O) groups excluding carboxylic acids is 1. The number of aromatic nitrogens is 1. The Morgan fingerprint density at radius 3 is 2.37 bits per heavy atom. The number of amides is 1. The Kier molecular flexibility index (Phi) is 7.84. The molecule has 30 heavy (non-hydrogen) atoms. The smallest absolute Gasteiger partial charge is 0.258 e. The largest absolute Gasteiger partial charge is 0.366 e. The molecule has 158 valence electrons. The predicted octanol–water partition coefficient (Wildman–Crippen LogP) is 4.36. The fourth-order valence-corrected chi connectivity index (χ4v) is 3.63. The van der Waals surface area contributed by atoms with Crippen LogP contribution in [0.1, 0.15) is 25.1 Å². The summed E-state index contributed by atoms with van der Waals surface area (Å²) in [5, 5.41) is 2.02. The Morgan fingerprint density at radius 1 is 1.13 bits per heavy atom. The molecule has 4 N–H and O–H groups in total. The van der Waals surface area contributed by atoms with Crippen molar-refractivity contribution in [3.8, 4) is 11.1 Å². The van der Waals surface area contributed by atoms with Gasteiger partial charge in [0.05, 0.1) is 0 Å². The minimum Gasteiger partial charge on any atom is -0.366 e. The molecule has 1 amide bonds. The molecular formula is C23H25Cl2N3O2. The molecule has 0 spiro atoms. The zero-order chi connectivity index (χ0) is 21.1. The number of halogens is 2. The van der Waals surface area contributed by atoms with Gasteiger partial charge in [0.25, 0.3) is 5.56 Å². The Balaban J connectivity index is 0.00000320. The summed E-state index contributed by atoms with van der Waals surface area (Å²) in [6, 6.07) is 13.0. The van der Waals surface area contributed by atoms with Gasteiger partial charge in [0, 0.05) is 40.8 Å². The van der Waals surface area contributed by atoms with Crippen LogP contribution in [-0.2, 0) is 17.9 Å². The van der Waals surface area contributed by atoms with Crippen LogP contribution in [0.2, 0.25) is 5.02 Å². The normalized spacial score (nSPS) is 11.2. The first kappa shape index (κ1) is 23.7. The van der Waals surface area contributed by atoms with E-state index in [4.69, 9.17) is 23.1 Å². The maximum absolute atomic E-state index is 13.3. The third kappa shape index (κ3) is 4.93. The van der Waals surface area contributed by atoms with E-state index in [1.165, 1.54) is 6.08 Å². The summed E-state index contributed by atoms with van der Waals surface area (Å²) < 4.78 is 1.77. The van der Waals surface area contributed by atoms with Crippen LogP contribution in [0.15, 0.2) is 53.3 Å². The number of carbonyl (C=O) groups is 1. The lowest BCUT2D eigenvalue weighted by atomic mass is 9.95. The van der Waals surface area contributed by atoms with E-state index in [0.29, 0.717) is 17.0 Å². The number of rotatable bonds is 6. The van der Waals surface area contributed by atoms with E-state index in [1.807, 2.05) is 30.3 Å². The van der Waals surface area contributed by atoms with Crippen LogP contribution >= 0.6 is 24.0 Å². The number of hydrogen-bond acceptors (Lipinski definition) is 3. The lowest BCUT2D eigenvalue weighted by Gasteiger charge is -2.21. The molecule has 0 bridgehead atoms. The van der Waals surface area contributed by atoms with E-state index >= 15 is 0 Å². The highest BCUT2D eigenvalue weighted by atomic mass is 35.5. The third-order valence-electron chi connectivity index (χ3n) is 4.72. The molecule has 3 rings (SSSR count). The Bertz CT molecular complexity index is 1150. The van der Waals surface area contributed by atoms with Gasteiger partial charge in [0.1, 0.15) is 0 Å². The van der Waals surface area contributed by atoms with Crippen molar-refractivity contribution in [2.24, 2.45) is 17.4 Å². The summed E-state index contributed by atoms with van der Waals surface area (Å²) in [6.07, 6.45) is 2.93. The van der Waals surface area contributed by atoms with Crippen molar-refractivity contribution in [1.29, 1.82) is 0 Å². The lowest BCUT2D eigenvalue weighted by Crippen LogP contribution is -2.28. The van der Waals surface area contributed by atoms with E-state index < -0.39 is 5.91 Å². The lowest BCUT2D eigenvalue weighted by molar-refractivity contribution is -0.113. The number of hydrogen-bond donors (Lipinski definition) is 2. The molecule has 0 radical (unpaired) electrons. The number of pyridine rings is 1. The van der Waals surface area contributed by atoms with E-state index in [1.54, 1.807) is 22.8 Å². The highest BCUT2D eigenvalue weighted by Gasteiger charge is 2.18. The Morgan fingerprint density at radius 2 is 1.80 bits per heavy atom. The quantitative estimate of drug-likeness (QED) is 0.552. The van der Waals surface area contributed by atoms with Crippen molar-refractivity contribution in [2.75, 3.05) is 0 Å². The average molecular weight is 446 g/mol. The Hall–Kier alpha value is -2.60. The molecule has 0 aliphatic rings. The van der Waals surface area contributed by atoms with Gasteiger partial charge >= 0.3 is 0 Å². The van der Waals surface area contributed by atoms with Crippen molar-refractivity contribution in [3.63, 3.8) is 0 Å². The van der Waals surface area contributed by atoms with E-state index in [2.05, 4.69) is 13.8 Å². The number of fused-ring (bicyclic) bond motifs is 1. The van der Waals surface area contributed by atoms with Gasteiger partial charge in [-0.25, -0.2) is 0 Å². The van der Waals surface area contributed by atoms with Crippen molar-refractivity contribution in [2.45, 2.75) is 26.9 Å². The number of benzene rings is 2. The van der Waals surface area contributed by atoms with Crippen LogP contribution < -0.4 is 17.0 Å². The second-order valence-electron chi connectivity index (χ2n) is 7.38. The van der Waals surface area contributed by atoms with Gasteiger partial charge in [0.2, 0.25) is 5.91 Å². The van der Waals surface area contributed by atoms with E-state index in [0.717, 1.165) is 27.8 Å². The molecule has 1 heterocycles. The first-order valence-corrected chi connectivity index (χ1v) is 9.82. The minimum atomic E-state index is -0.530. The summed E-state index contributed by atoms with van der Waals surface area (Å²) >= 11 is 6.08. The van der Waals surface area contributed by atoms with Gasteiger partial charge in [-0.05, 0) is 52.8 Å². The van der Waals surface area contributed by atoms with Crippen molar-refractivity contribution in [3.05, 3.63) is 75.2 Å². The number of primary amides is 1. The minimum absolute atomic E-state index is 0. The van der Waals surface area contributed by atoms with Crippen LogP contribution in [-0.4, -0.2) is 10.5 Å². The molecule has 2 aromatic carbocycles. The summed E-state index contributed by atoms with van der Waals surface area (Å²) in [7, 11) is 0. The molecular weight excluding hydrogens is 421 g/mol. The second kappa shape index (κ2) is 9.94. The summed E-state index contributed by atoms with van der Waals surface area (Å²) in [4.78, 5) is 24.4. The molecule has 0 unspecified atom stereocenters. The van der Waals surface area contributed by atoms with E-state index in [-0.39, 0.29) is 30.4 Å². The zero-order valence-electron chi connectivity index (χ0n) is 16.9. The number of nitrogens with two attached hydrogens (primary N) is 2. The molecule has 0 aliphatic heterocycles. The highest BCUT2D eigenvalue weighted by molar-refractivity contribution is 6.30. The molecule has 7 heteroatoms. The van der Waals surface area contributed by atoms with Gasteiger partial charge in [-0.3, -0.25) is 9.59 Å². The van der Waals surface area contributed by atoms with Crippen LogP contribution in [0.25, 0.3) is 28.0 Å². The standard InChI is InChI=1S/C23H24ClN3O2.ClH/c1-14(2)13-27-20(12-25)22(16-5-7-17(24)8-6-16)19-11-15(4-10-21(26)28)3-9-18(19)23(27)29;/h3-11,14H,12-13,25H2,1-2H3,(H2,26,28);1H/b10-4+;. The maximum Gasteiger partial charge on any atom is 0.258 e. The fraction of sp³-hybridized carbons (Fsp3) is 0.217. The average Bonchev–Trinajstić information content (AvgIpc) is 2.68. The summed E-state index contributed by atoms with van der Waals surface area (Å²) in [6.45, 7) is 4.93. The Labute approximate surface area is 186 Å². The van der Waals surface area contributed by atoms with Gasteiger partial charge in [-0.15, -0.1) is 12.4 Å². The topological polar surface area (TPSA) is 91.1 Å². The molecule has 0 saturated carbocycles. The van der Waals surface area contributed by atoms with Crippen LogP contribution in [0.4, 0.5) is 0 Å². The number of nitrogens with zero attached hydrogens (tertiary/aromatic N) is 1. The van der Waals surface area contributed by atoms with Crippen LogP contribution in [0.5, 0.6) is 0 Å². The second-order valence-corrected chi connectivity index (χ2v) is 7.82. The SMILES string of the molecule is CC(C)Cn1c(CN)c(-c2ccc(Cl)cc2)c2cc(/C=C/C(N)=O)ccc2c1=O.Cl. The molecule has 3 aromatic rings. The van der Waals surface area contributed by atoms with Gasteiger partial charge < -0.3 is 16.0 Å². The first-order chi connectivity index (χ1) is 13.8. The molecule has 1 aromatic heterocycles. The van der Waals surface area contributed by atoms with Crippen molar-refractivity contribution in [1.82, 2.24) is 4.57 Å². The maximum atomic E-state index is 13.3. The van der Waals surface area contributed by atoms with Crippen molar-refractivity contribution >= 4 is 46.8 Å². The molecule has 0 fully saturated rings. The van der Waals surface area contributed by atoms with Gasteiger partial charge in [-0.1, -0.05) is 43.6 Å². The summed E-state index contributed by atoms with van der Waals surface area (Å²) in [5.74, 6) is -0.246. The molecule has 0 atom stereocenters. The van der Waals surface area contributed by atoms with Gasteiger partial charge in [-0.2, -0.15) is 0 Å². The predicted molar refractivity (Wildman–Crippen MR) is 127 cm³/mol. The molecule has 0 saturated heterocycles. The first-order valence-electron chi connectivity index (χ1n) is 9.44. The summed E-state index contributed by atoms with van der Waals surface area (Å²) in [5.41, 5.74) is 14.6. The highest BCUT2D eigenvalue weighted by Crippen LogP contribution is 2.32. The van der Waals surface area contributed by atoms with Gasteiger partial charge in [0.15, 0.2) is 0 Å². The monoisotopic (exact) mass is 445 g/mol. The van der Waals surface area contributed by atoms with Crippen molar-refractivity contribution < 1.29 is 4.79 Å². The van der Waals surface area contributed by atoms with E-state index in [9.17, 15) is 9.59 Å². The van der Waals surface area contributed by atoms with Crippen LogP contribution in [0, 0.1) is 5.92 Å². The molecule has 0 aliphatic carbocycles. The zero-order valence-corrected chi connectivity index (χ0v) is 18.5.